The van der Waals surface area contributed by atoms with Gasteiger partial charge in [0.1, 0.15) is 5.75 Å². The van der Waals surface area contributed by atoms with Crippen LogP contribution in [0.1, 0.15) is 32.7 Å². The highest BCUT2D eigenvalue weighted by atomic mass is 19.3. The Morgan fingerprint density at radius 2 is 1.65 bits per heavy atom. The molecule has 2 aromatic rings. The summed E-state index contributed by atoms with van der Waals surface area (Å²) in [7, 11) is 0. The minimum absolute atomic E-state index is 0.0220. The zero-order valence-corrected chi connectivity index (χ0v) is 13.4. The van der Waals surface area contributed by atoms with Gasteiger partial charge in [-0.3, -0.25) is 9.59 Å². The van der Waals surface area contributed by atoms with Gasteiger partial charge in [0.2, 0.25) is 0 Å². The number of hydrogen-bond donors (Lipinski definition) is 0. The van der Waals surface area contributed by atoms with Crippen molar-refractivity contribution in [2.24, 2.45) is 0 Å². The summed E-state index contributed by atoms with van der Waals surface area (Å²) >= 11 is 0. The summed E-state index contributed by atoms with van der Waals surface area (Å²) in [4.78, 5) is 41.0. The molecule has 0 N–H and O–H groups in total. The van der Waals surface area contributed by atoms with Crippen molar-refractivity contribution in [1.29, 1.82) is 0 Å². The molecule has 26 heavy (non-hydrogen) atoms. The molecule has 0 atom stereocenters. The van der Waals surface area contributed by atoms with Crippen molar-refractivity contribution < 1.29 is 32.7 Å². The lowest BCUT2D eigenvalue weighted by atomic mass is 10.1. The molecule has 0 saturated heterocycles. The van der Waals surface area contributed by atoms with Crippen LogP contribution in [-0.2, 0) is 16.1 Å². The third-order valence-corrected chi connectivity index (χ3v) is 3.69. The highest BCUT2D eigenvalue weighted by Gasteiger charge is 2.38. The van der Waals surface area contributed by atoms with Gasteiger partial charge in [0, 0.05) is 0 Å². The van der Waals surface area contributed by atoms with Crippen LogP contribution in [0.15, 0.2) is 48.5 Å². The number of aryl methyl sites for hydroxylation is 1. The first-order valence-electron chi connectivity index (χ1n) is 7.68. The van der Waals surface area contributed by atoms with E-state index in [1.165, 1.54) is 30.3 Å². The topological polar surface area (TPSA) is 72.9 Å². The van der Waals surface area contributed by atoms with Crippen molar-refractivity contribution in [2.75, 3.05) is 0 Å². The molecule has 0 aliphatic carbocycles. The predicted molar refractivity (Wildman–Crippen MR) is 84.4 cm³/mol. The quantitative estimate of drug-likeness (QED) is 0.740. The largest absolute Gasteiger partial charge is 0.435 e. The van der Waals surface area contributed by atoms with Gasteiger partial charge in [-0.15, -0.1) is 0 Å². The van der Waals surface area contributed by atoms with Crippen LogP contribution in [-0.4, -0.2) is 29.5 Å². The van der Waals surface area contributed by atoms with Gasteiger partial charge in [0.05, 0.1) is 17.5 Å². The summed E-state index contributed by atoms with van der Waals surface area (Å²) in [5.41, 5.74) is 0.909. The summed E-state index contributed by atoms with van der Waals surface area (Å²) in [6, 6.07) is 12.0. The second-order valence-electron chi connectivity index (χ2n) is 5.44. The van der Waals surface area contributed by atoms with Crippen LogP contribution in [0.25, 0.3) is 0 Å². The molecule has 2 amide bonds. The van der Waals surface area contributed by atoms with Crippen LogP contribution in [0.3, 0.4) is 0 Å². The Kier molecular flexibility index (Phi) is 4.92. The van der Waals surface area contributed by atoms with Crippen molar-refractivity contribution in [3.05, 3.63) is 65.2 Å². The number of halogens is 2. The monoisotopic (exact) mass is 361 g/mol. The lowest BCUT2D eigenvalue weighted by molar-refractivity contribution is -0.168. The summed E-state index contributed by atoms with van der Waals surface area (Å²) in [5, 5.41) is 0.434. The maximum atomic E-state index is 12.2. The predicted octanol–water partition coefficient (Wildman–Crippen LogP) is 2.98. The minimum Gasteiger partial charge on any atom is -0.435 e. The fraction of sp³-hybridized carbons (Fsp3) is 0.167. The Morgan fingerprint density at radius 3 is 2.27 bits per heavy atom. The Hall–Kier alpha value is -3.29. The van der Waals surface area contributed by atoms with Crippen molar-refractivity contribution in [2.45, 2.75) is 19.5 Å². The zero-order valence-electron chi connectivity index (χ0n) is 13.4. The van der Waals surface area contributed by atoms with E-state index in [9.17, 15) is 23.2 Å². The number of alkyl halides is 2. The molecule has 2 aromatic carbocycles. The minimum atomic E-state index is -2.94. The number of benzene rings is 2. The van der Waals surface area contributed by atoms with Gasteiger partial charge < -0.3 is 9.57 Å². The summed E-state index contributed by atoms with van der Waals surface area (Å²) in [5.74, 6) is -2.22. The Bertz CT molecular complexity index is 833. The third-order valence-electron chi connectivity index (χ3n) is 3.69. The van der Waals surface area contributed by atoms with Crippen molar-refractivity contribution >= 4 is 17.8 Å². The lowest BCUT2D eigenvalue weighted by Gasteiger charge is -2.12. The smallest absolute Gasteiger partial charge is 0.387 e. The van der Waals surface area contributed by atoms with Crippen LogP contribution in [0.5, 0.6) is 5.75 Å². The number of hydroxylamine groups is 2. The lowest BCUT2D eigenvalue weighted by Crippen LogP contribution is -2.32. The molecule has 8 heteroatoms. The van der Waals surface area contributed by atoms with E-state index in [-0.39, 0.29) is 29.7 Å². The number of imide groups is 1. The second-order valence-corrected chi connectivity index (χ2v) is 5.44. The molecular formula is C18H13F2NO5. The number of hydrogen-bond acceptors (Lipinski definition) is 5. The van der Waals surface area contributed by atoms with Gasteiger partial charge in [-0.2, -0.15) is 8.78 Å². The number of carbonyl (C=O) groups excluding carboxylic acids is 3. The van der Waals surface area contributed by atoms with Gasteiger partial charge in [-0.1, -0.05) is 29.3 Å². The maximum absolute atomic E-state index is 12.2. The SMILES string of the molecule is O=C(CCc1cccc(OC(F)F)c1)ON1C(=O)c2ccccc2C1=O. The van der Waals surface area contributed by atoms with E-state index in [1.54, 1.807) is 18.2 Å². The third kappa shape index (κ3) is 3.69. The molecule has 0 aromatic heterocycles. The fourth-order valence-corrected chi connectivity index (χ4v) is 2.52. The highest BCUT2D eigenvalue weighted by Crippen LogP contribution is 2.23. The van der Waals surface area contributed by atoms with Crippen LogP contribution in [0, 0.1) is 0 Å². The Balaban J connectivity index is 1.59. The normalized spacial score (nSPS) is 13.1. The summed E-state index contributed by atoms with van der Waals surface area (Å²) < 4.78 is 28.7. The van der Waals surface area contributed by atoms with Crippen molar-refractivity contribution in [1.82, 2.24) is 5.06 Å². The van der Waals surface area contributed by atoms with E-state index >= 15 is 0 Å². The van der Waals surface area contributed by atoms with E-state index in [2.05, 4.69) is 4.74 Å². The molecule has 1 aliphatic rings. The second kappa shape index (κ2) is 7.30. The number of nitrogens with zero attached hydrogens (tertiary/aromatic N) is 1. The molecule has 0 fully saturated rings. The van der Waals surface area contributed by atoms with E-state index in [0.29, 0.717) is 10.6 Å². The average molecular weight is 361 g/mol. The molecule has 0 unspecified atom stereocenters. The highest BCUT2D eigenvalue weighted by molar-refractivity contribution is 6.20. The Morgan fingerprint density at radius 1 is 1.00 bits per heavy atom. The van der Waals surface area contributed by atoms with E-state index < -0.39 is 24.4 Å². The van der Waals surface area contributed by atoms with Crippen LogP contribution in [0.2, 0.25) is 0 Å². The van der Waals surface area contributed by atoms with Gasteiger partial charge in [-0.25, -0.2) is 4.79 Å². The molecule has 6 nitrogen and oxygen atoms in total. The zero-order chi connectivity index (χ0) is 18.7. The first-order chi connectivity index (χ1) is 12.5. The standard InChI is InChI=1S/C18H13F2NO5/c19-18(20)25-12-5-3-4-11(10-12)8-9-15(22)26-21-16(23)13-6-1-2-7-14(13)17(21)24/h1-7,10,18H,8-9H2. The van der Waals surface area contributed by atoms with E-state index in [4.69, 9.17) is 4.84 Å². The van der Waals surface area contributed by atoms with E-state index in [0.717, 1.165) is 0 Å². The first-order valence-corrected chi connectivity index (χ1v) is 7.68. The summed E-state index contributed by atoms with van der Waals surface area (Å²) in [6.07, 6.45) is 0.0218. The summed E-state index contributed by atoms with van der Waals surface area (Å²) in [6.45, 7) is -2.94. The van der Waals surface area contributed by atoms with Gasteiger partial charge >= 0.3 is 12.6 Å². The molecule has 134 valence electrons. The van der Waals surface area contributed by atoms with Crippen molar-refractivity contribution in [3.8, 4) is 5.75 Å². The van der Waals surface area contributed by atoms with Crippen LogP contribution < -0.4 is 4.74 Å². The average Bonchev–Trinajstić information content (AvgIpc) is 2.85. The van der Waals surface area contributed by atoms with E-state index in [1.807, 2.05) is 0 Å². The number of carbonyl (C=O) groups is 3. The number of rotatable bonds is 6. The van der Waals surface area contributed by atoms with Gasteiger partial charge in [0.25, 0.3) is 11.8 Å². The number of amides is 2. The molecule has 0 spiro atoms. The Labute approximate surface area is 146 Å². The molecule has 1 heterocycles. The van der Waals surface area contributed by atoms with Crippen LogP contribution in [0.4, 0.5) is 8.78 Å². The molecule has 0 radical (unpaired) electrons. The molecule has 1 aliphatic heterocycles. The van der Waals surface area contributed by atoms with Crippen LogP contribution >= 0.6 is 0 Å². The first kappa shape index (κ1) is 17.5. The fourth-order valence-electron chi connectivity index (χ4n) is 2.52. The molecule has 0 bridgehead atoms. The molecule has 3 rings (SSSR count). The van der Waals surface area contributed by atoms with Crippen molar-refractivity contribution in [3.63, 3.8) is 0 Å². The number of fused-ring (bicyclic) bond motifs is 1. The molecule has 0 saturated carbocycles. The molecular weight excluding hydrogens is 348 g/mol. The maximum Gasteiger partial charge on any atom is 0.387 e. The van der Waals surface area contributed by atoms with Gasteiger partial charge in [-0.05, 0) is 36.2 Å². The number of ether oxygens (including phenoxy) is 1. The van der Waals surface area contributed by atoms with Gasteiger partial charge in [0.15, 0.2) is 0 Å².